The molecule has 1 aromatic carbocycles. The molecule has 19 heavy (non-hydrogen) atoms. The fraction of sp³-hybridized carbons (Fsp3) is 0.182. The van der Waals surface area contributed by atoms with E-state index >= 15 is 0 Å². The number of thiazole rings is 1. The molecular formula is C11H14N4O2S2. The second-order valence-electron chi connectivity index (χ2n) is 3.85. The number of hydrogen-bond donors (Lipinski definition) is 3. The van der Waals surface area contributed by atoms with Gasteiger partial charge in [-0.1, -0.05) is 0 Å². The Morgan fingerprint density at radius 3 is 2.53 bits per heavy atom. The molecule has 2 rings (SSSR count). The van der Waals surface area contributed by atoms with Gasteiger partial charge < -0.3 is 5.43 Å². The van der Waals surface area contributed by atoms with Gasteiger partial charge in [-0.05, 0) is 31.2 Å². The third-order valence-corrected chi connectivity index (χ3v) is 4.68. The lowest BCUT2D eigenvalue weighted by Gasteiger charge is -2.06. The summed E-state index contributed by atoms with van der Waals surface area (Å²) >= 11 is 1.49. The first-order valence-corrected chi connectivity index (χ1v) is 7.85. The van der Waals surface area contributed by atoms with Crippen LogP contribution < -0.4 is 16.0 Å². The number of nitrogens with two attached hydrogens (primary N) is 1. The van der Waals surface area contributed by atoms with Gasteiger partial charge in [0.05, 0.1) is 22.1 Å². The maximum absolute atomic E-state index is 12.0. The van der Waals surface area contributed by atoms with Crippen LogP contribution in [0.3, 0.4) is 0 Å². The van der Waals surface area contributed by atoms with E-state index in [4.69, 9.17) is 5.84 Å². The highest BCUT2D eigenvalue weighted by molar-refractivity contribution is 7.89. The van der Waals surface area contributed by atoms with Crippen LogP contribution in [0, 0.1) is 6.92 Å². The van der Waals surface area contributed by atoms with Gasteiger partial charge in [0.25, 0.3) is 0 Å². The Balaban J connectivity index is 2.09. The lowest BCUT2D eigenvalue weighted by atomic mass is 10.3. The Morgan fingerprint density at radius 1 is 1.32 bits per heavy atom. The average Bonchev–Trinajstić information content (AvgIpc) is 2.82. The molecule has 0 aliphatic heterocycles. The molecule has 4 N–H and O–H groups in total. The van der Waals surface area contributed by atoms with E-state index in [-0.39, 0.29) is 11.4 Å². The second kappa shape index (κ2) is 5.66. The molecule has 2 aromatic rings. The molecule has 0 fully saturated rings. The van der Waals surface area contributed by atoms with Crippen LogP contribution in [0.25, 0.3) is 0 Å². The molecule has 0 aliphatic rings. The van der Waals surface area contributed by atoms with Crippen LogP contribution in [0.2, 0.25) is 0 Å². The molecular weight excluding hydrogens is 284 g/mol. The Hall–Kier alpha value is -1.48. The smallest absolute Gasteiger partial charge is 0.240 e. The summed E-state index contributed by atoms with van der Waals surface area (Å²) in [5.41, 5.74) is 3.80. The number of rotatable bonds is 5. The van der Waals surface area contributed by atoms with Crippen molar-refractivity contribution in [3.05, 3.63) is 40.3 Å². The van der Waals surface area contributed by atoms with Gasteiger partial charge in [-0.2, -0.15) is 0 Å². The molecule has 1 heterocycles. The average molecular weight is 298 g/mol. The van der Waals surface area contributed by atoms with E-state index in [1.54, 1.807) is 12.1 Å². The normalized spacial score (nSPS) is 11.5. The fourth-order valence-electron chi connectivity index (χ4n) is 1.47. The summed E-state index contributed by atoms with van der Waals surface area (Å²) in [6.07, 6.45) is 0. The molecule has 1 aromatic heterocycles. The molecule has 0 bridgehead atoms. The number of hydrazine groups is 1. The summed E-state index contributed by atoms with van der Waals surface area (Å²) in [5, 5.41) is 2.74. The van der Waals surface area contributed by atoms with Crippen molar-refractivity contribution in [2.45, 2.75) is 18.4 Å². The number of hydrogen-bond acceptors (Lipinski definition) is 6. The number of nitrogens with zero attached hydrogens (tertiary/aromatic N) is 1. The van der Waals surface area contributed by atoms with E-state index in [2.05, 4.69) is 15.1 Å². The van der Waals surface area contributed by atoms with Crippen LogP contribution in [0.4, 0.5) is 5.69 Å². The minimum absolute atomic E-state index is 0.184. The topological polar surface area (TPSA) is 97.1 Å². The zero-order valence-corrected chi connectivity index (χ0v) is 11.9. The van der Waals surface area contributed by atoms with Crippen molar-refractivity contribution in [2.75, 3.05) is 5.43 Å². The highest BCUT2D eigenvalue weighted by atomic mass is 32.2. The van der Waals surface area contributed by atoms with Gasteiger partial charge in [0.1, 0.15) is 0 Å². The summed E-state index contributed by atoms with van der Waals surface area (Å²) in [6, 6.07) is 6.18. The number of nitrogens with one attached hydrogen (secondary N) is 2. The molecule has 0 aliphatic carbocycles. The zero-order chi connectivity index (χ0) is 13.9. The van der Waals surface area contributed by atoms with Crippen molar-refractivity contribution < 1.29 is 8.42 Å². The Morgan fingerprint density at radius 2 is 2.00 bits per heavy atom. The van der Waals surface area contributed by atoms with Crippen molar-refractivity contribution in [3.63, 3.8) is 0 Å². The highest BCUT2D eigenvalue weighted by Gasteiger charge is 2.14. The number of aromatic nitrogens is 1. The van der Waals surface area contributed by atoms with E-state index < -0.39 is 10.0 Å². The SMILES string of the molecule is Cc1nc(CNS(=O)(=O)c2ccc(NN)cc2)cs1. The Labute approximate surface area is 115 Å². The minimum Gasteiger partial charge on any atom is -0.324 e. The van der Waals surface area contributed by atoms with Crippen LogP contribution in [0.1, 0.15) is 10.7 Å². The summed E-state index contributed by atoms with van der Waals surface area (Å²) in [7, 11) is -3.53. The Bertz CT molecular complexity index is 650. The van der Waals surface area contributed by atoms with Crippen LogP contribution in [0.5, 0.6) is 0 Å². The number of nitrogen functional groups attached to an aromatic ring is 1. The van der Waals surface area contributed by atoms with E-state index in [9.17, 15) is 8.42 Å². The minimum atomic E-state index is -3.53. The largest absolute Gasteiger partial charge is 0.324 e. The molecule has 0 saturated carbocycles. The first-order chi connectivity index (χ1) is 9.01. The van der Waals surface area contributed by atoms with Crippen LogP contribution in [-0.2, 0) is 16.6 Å². The van der Waals surface area contributed by atoms with Crippen molar-refractivity contribution in [1.29, 1.82) is 0 Å². The summed E-state index contributed by atoms with van der Waals surface area (Å²) in [6.45, 7) is 2.06. The van der Waals surface area contributed by atoms with Gasteiger partial charge in [0, 0.05) is 11.1 Å². The molecule has 0 amide bonds. The fourth-order valence-corrected chi connectivity index (χ4v) is 3.08. The van der Waals surface area contributed by atoms with Crippen molar-refractivity contribution >= 4 is 27.0 Å². The molecule has 0 radical (unpaired) electrons. The molecule has 0 unspecified atom stereocenters. The molecule has 6 nitrogen and oxygen atoms in total. The predicted molar refractivity (Wildman–Crippen MR) is 75.1 cm³/mol. The van der Waals surface area contributed by atoms with Gasteiger partial charge in [0.2, 0.25) is 10.0 Å². The zero-order valence-electron chi connectivity index (χ0n) is 10.3. The van der Waals surface area contributed by atoms with Crippen LogP contribution in [0.15, 0.2) is 34.5 Å². The second-order valence-corrected chi connectivity index (χ2v) is 6.68. The van der Waals surface area contributed by atoms with Gasteiger partial charge in [-0.25, -0.2) is 18.1 Å². The van der Waals surface area contributed by atoms with Gasteiger partial charge in [-0.3, -0.25) is 5.84 Å². The summed E-state index contributed by atoms with van der Waals surface area (Å²) in [4.78, 5) is 4.39. The quantitative estimate of drug-likeness (QED) is 0.569. The van der Waals surface area contributed by atoms with E-state index in [0.717, 1.165) is 5.01 Å². The van der Waals surface area contributed by atoms with Crippen LogP contribution >= 0.6 is 11.3 Å². The molecule has 0 spiro atoms. The Kier molecular flexibility index (Phi) is 4.15. The molecule has 102 valence electrons. The number of benzene rings is 1. The van der Waals surface area contributed by atoms with Crippen LogP contribution in [-0.4, -0.2) is 13.4 Å². The lowest BCUT2D eigenvalue weighted by Crippen LogP contribution is -2.23. The maximum Gasteiger partial charge on any atom is 0.240 e. The van der Waals surface area contributed by atoms with E-state index in [0.29, 0.717) is 11.4 Å². The molecule has 0 atom stereocenters. The monoisotopic (exact) mass is 298 g/mol. The molecule has 0 saturated heterocycles. The van der Waals surface area contributed by atoms with Crippen molar-refractivity contribution in [2.24, 2.45) is 5.84 Å². The predicted octanol–water partition coefficient (Wildman–Crippen LogP) is 1.22. The standard InChI is InChI=1S/C11H14N4O2S2/c1-8-14-10(7-18-8)6-13-19(16,17)11-4-2-9(15-12)3-5-11/h2-5,7,13,15H,6,12H2,1H3. The summed E-state index contributed by atoms with van der Waals surface area (Å²) < 4.78 is 26.6. The first-order valence-electron chi connectivity index (χ1n) is 5.48. The van der Waals surface area contributed by atoms with Crippen molar-refractivity contribution in [3.8, 4) is 0 Å². The number of sulfonamides is 1. The third-order valence-electron chi connectivity index (χ3n) is 2.44. The third kappa shape index (κ3) is 3.51. The van der Waals surface area contributed by atoms with Gasteiger partial charge >= 0.3 is 0 Å². The van der Waals surface area contributed by atoms with Gasteiger partial charge in [-0.15, -0.1) is 11.3 Å². The number of aryl methyl sites for hydroxylation is 1. The van der Waals surface area contributed by atoms with Gasteiger partial charge in [0.15, 0.2) is 0 Å². The van der Waals surface area contributed by atoms with E-state index in [1.165, 1.54) is 23.5 Å². The summed E-state index contributed by atoms with van der Waals surface area (Å²) in [5.74, 6) is 5.22. The molecule has 8 heteroatoms. The van der Waals surface area contributed by atoms with E-state index in [1.807, 2.05) is 12.3 Å². The maximum atomic E-state index is 12.0. The number of anilines is 1. The van der Waals surface area contributed by atoms with Crippen molar-refractivity contribution in [1.82, 2.24) is 9.71 Å². The first kappa shape index (κ1) is 13.9. The lowest BCUT2D eigenvalue weighted by molar-refractivity contribution is 0.580. The highest BCUT2D eigenvalue weighted by Crippen LogP contribution is 2.14.